The topological polar surface area (TPSA) is 43.3 Å². The summed E-state index contributed by atoms with van der Waals surface area (Å²) in [5.41, 5.74) is 0. The highest BCUT2D eigenvalue weighted by molar-refractivity contribution is 5.80. The number of ether oxygens (including phenoxy) is 1. The van der Waals surface area contributed by atoms with Crippen molar-refractivity contribution < 1.29 is 4.74 Å². The highest BCUT2D eigenvalue weighted by Crippen LogP contribution is 2.20. The summed E-state index contributed by atoms with van der Waals surface area (Å²) in [6.07, 6.45) is 3.90. The number of likely N-dealkylation sites (tertiary alicyclic amines) is 2. The third kappa shape index (κ3) is 6.33. The van der Waals surface area contributed by atoms with Gasteiger partial charge in [-0.1, -0.05) is 13.8 Å². The molecule has 2 unspecified atom stereocenters. The van der Waals surface area contributed by atoms with E-state index in [4.69, 9.17) is 9.73 Å². The molecule has 0 bridgehead atoms. The summed E-state index contributed by atoms with van der Waals surface area (Å²) in [4.78, 5) is 12.8. The maximum absolute atomic E-state index is 5.52. The van der Waals surface area contributed by atoms with Crippen LogP contribution in [-0.2, 0) is 4.74 Å². The molecule has 6 nitrogen and oxygen atoms in total. The standard InChI is InChI=1S/C21H41N5O/c1-4-22-21(23-14-19-6-5-8-24(16-19)15-18(2)3)26-9-7-20(17-26)25-10-12-27-13-11-25/h18-20H,4-17H2,1-3H3,(H,22,23). The molecular formula is C21H41N5O. The zero-order valence-corrected chi connectivity index (χ0v) is 17.8. The van der Waals surface area contributed by atoms with Crippen molar-refractivity contribution in [1.82, 2.24) is 20.0 Å². The van der Waals surface area contributed by atoms with E-state index in [-0.39, 0.29) is 0 Å². The first kappa shape index (κ1) is 20.9. The summed E-state index contributed by atoms with van der Waals surface area (Å²) >= 11 is 0. The lowest BCUT2D eigenvalue weighted by Gasteiger charge is -2.33. The van der Waals surface area contributed by atoms with E-state index >= 15 is 0 Å². The molecule has 3 heterocycles. The van der Waals surface area contributed by atoms with Crippen LogP contribution in [0.5, 0.6) is 0 Å². The minimum Gasteiger partial charge on any atom is -0.379 e. The Labute approximate surface area is 166 Å². The van der Waals surface area contributed by atoms with Gasteiger partial charge in [0.2, 0.25) is 0 Å². The molecule has 2 atom stereocenters. The summed E-state index contributed by atoms with van der Waals surface area (Å²) < 4.78 is 5.52. The van der Waals surface area contributed by atoms with E-state index in [1.165, 1.54) is 38.9 Å². The first-order valence-electron chi connectivity index (χ1n) is 11.2. The smallest absolute Gasteiger partial charge is 0.193 e. The van der Waals surface area contributed by atoms with E-state index in [0.29, 0.717) is 12.0 Å². The van der Waals surface area contributed by atoms with Crippen LogP contribution in [0.15, 0.2) is 4.99 Å². The normalized spacial score (nSPS) is 28.9. The Morgan fingerprint density at radius 3 is 2.67 bits per heavy atom. The van der Waals surface area contributed by atoms with Crippen LogP contribution in [-0.4, -0.2) is 98.8 Å². The number of nitrogens with one attached hydrogen (secondary N) is 1. The first-order valence-corrected chi connectivity index (χ1v) is 11.2. The number of hydrogen-bond acceptors (Lipinski definition) is 4. The molecule has 0 aromatic carbocycles. The van der Waals surface area contributed by atoms with E-state index in [2.05, 4.69) is 40.8 Å². The summed E-state index contributed by atoms with van der Waals surface area (Å²) in [5, 5.41) is 3.55. The van der Waals surface area contributed by atoms with Crippen LogP contribution in [0, 0.1) is 11.8 Å². The van der Waals surface area contributed by atoms with Crippen molar-refractivity contribution in [3.63, 3.8) is 0 Å². The van der Waals surface area contributed by atoms with E-state index in [1.807, 2.05) is 0 Å². The van der Waals surface area contributed by atoms with Crippen LogP contribution in [0.3, 0.4) is 0 Å². The molecule has 27 heavy (non-hydrogen) atoms. The van der Waals surface area contributed by atoms with Gasteiger partial charge in [0.1, 0.15) is 0 Å². The largest absolute Gasteiger partial charge is 0.379 e. The molecule has 3 rings (SSSR count). The lowest BCUT2D eigenvalue weighted by atomic mass is 9.97. The maximum atomic E-state index is 5.52. The lowest BCUT2D eigenvalue weighted by Crippen LogP contribution is -2.47. The van der Waals surface area contributed by atoms with Crippen molar-refractivity contribution in [2.45, 2.75) is 46.1 Å². The van der Waals surface area contributed by atoms with Crippen LogP contribution in [0.1, 0.15) is 40.0 Å². The van der Waals surface area contributed by atoms with E-state index in [9.17, 15) is 0 Å². The zero-order valence-electron chi connectivity index (χ0n) is 17.8. The van der Waals surface area contributed by atoms with Gasteiger partial charge in [-0.05, 0) is 44.6 Å². The summed E-state index contributed by atoms with van der Waals surface area (Å²) in [5.74, 6) is 2.60. The molecule has 3 fully saturated rings. The number of aliphatic imine (C=N–C) groups is 1. The van der Waals surface area contributed by atoms with Gasteiger partial charge < -0.3 is 19.9 Å². The molecule has 6 heteroatoms. The first-order chi connectivity index (χ1) is 13.2. The second kappa shape index (κ2) is 10.6. The Morgan fingerprint density at radius 1 is 1.11 bits per heavy atom. The van der Waals surface area contributed by atoms with Crippen LogP contribution in [0.25, 0.3) is 0 Å². The second-order valence-corrected chi connectivity index (χ2v) is 8.89. The third-order valence-corrected chi connectivity index (χ3v) is 6.09. The molecule has 0 aliphatic carbocycles. The highest BCUT2D eigenvalue weighted by atomic mass is 16.5. The molecular weight excluding hydrogens is 338 g/mol. The molecule has 0 spiro atoms. The van der Waals surface area contributed by atoms with Gasteiger partial charge in [0.15, 0.2) is 5.96 Å². The lowest BCUT2D eigenvalue weighted by molar-refractivity contribution is 0.0195. The van der Waals surface area contributed by atoms with E-state index < -0.39 is 0 Å². The summed E-state index contributed by atoms with van der Waals surface area (Å²) in [6.45, 7) is 18.6. The van der Waals surface area contributed by atoms with Gasteiger partial charge in [-0.15, -0.1) is 0 Å². The molecule has 0 aromatic heterocycles. The van der Waals surface area contributed by atoms with E-state index in [0.717, 1.165) is 64.4 Å². The van der Waals surface area contributed by atoms with Crippen LogP contribution in [0.4, 0.5) is 0 Å². The van der Waals surface area contributed by atoms with Gasteiger partial charge in [0.05, 0.1) is 13.2 Å². The monoisotopic (exact) mass is 379 g/mol. The number of guanidine groups is 1. The summed E-state index contributed by atoms with van der Waals surface area (Å²) in [6, 6.07) is 0.661. The Bertz CT molecular complexity index is 463. The van der Waals surface area contributed by atoms with Crippen molar-refractivity contribution in [1.29, 1.82) is 0 Å². The van der Waals surface area contributed by atoms with Gasteiger partial charge >= 0.3 is 0 Å². The molecule has 0 amide bonds. The van der Waals surface area contributed by atoms with Gasteiger partial charge in [-0.3, -0.25) is 9.89 Å². The molecule has 0 aromatic rings. The number of nitrogens with zero attached hydrogens (tertiary/aromatic N) is 4. The van der Waals surface area contributed by atoms with Crippen molar-refractivity contribution >= 4 is 5.96 Å². The predicted molar refractivity (Wildman–Crippen MR) is 112 cm³/mol. The third-order valence-electron chi connectivity index (χ3n) is 6.09. The maximum Gasteiger partial charge on any atom is 0.193 e. The summed E-state index contributed by atoms with van der Waals surface area (Å²) in [7, 11) is 0. The number of hydrogen-bond donors (Lipinski definition) is 1. The van der Waals surface area contributed by atoms with E-state index in [1.54, 1.807) is 0 Å². The second-order valence-electron chi connectivity index (χ2n) is 8.89. The van der Waals surface area contributed by atoms with Crippen molar-refractivity contribution in [3.05, 3.63) is 0 Å². The van der Waals surface area contributed by atoms with Gasteiger partial charge in [-0.25, -0.2) is 0 Å². The fourth-order valence-corrected chi connectivity index (χ4v) is 4.80. The minimum atomic E-state index is 0.661. The zero-order chi connectivity index (χ0) is 19.1. The Kier molecular flexibility index (Phi) is 8.22. The highest BCUT2D eigenvalue weighted by Gasteiger charge is 2.30. The molecule has 0 radical (unpaired) electrons. The fraction of sp³-hybridized carbons (Fsp3) is 0.952. The van der Waals surface area contributed by atoms with Crippen LogP contribution in [0.2, 0.25) is 0 Å². The van der Waals surface area contributed by atoms with Crippen LogP contribution >= 0.6 is 0 Å². The van der Waals surface area contributed by atoms with Crippen molar-refractivity contribution in [2.24, 2.45) is 16.8 Å². The Hall–Kier alpha value is -0.850. The molecule has 3 saturated heterocycles. The average Bonchev–Trinajstić information content (AvgIpc) is 3.16. The van der Waals surface area contributed by atoms with Gasteiger partial charge in [0.25, 0.3) is 0 Å². The van der Waals surface area contributed by atoms with Gasteiger partial charge in [-0.2, -0.15) is 0 Å². The number of morpholine rings is 1. The molecule has 0 saturated carbocycles. The van der Waals surface area contributed by atoms with Crippen molar-refractivity contribution in [3.8, 4) is 0 Å². The molecule has 3 aliphatic rings. The molecule has 156 valence electrons. The number of rotatable bonds is 6. The SMILES string of the molecule is CCNC(=NCC1CCCN(CC(C)C)C1)N1CCC(N2CCOCC2)C1. The van der Waals surface area contributed by atoms with Gasteiger partial charge in [0, 0.05) is 58.4 Å². The average molecular weight is 380 g/mol. The molecule has 1 N–H and O–H groups in total. The Morgan fingerprint density at radius 2 is 1.93 bits per heavy atom. The quantitative estimate of drug-likeness (QED) is 0.562. The number of piperidine rings is 1. The predicted octanol–water partition coefficient (Wildman–Crippen LogP) is 1.73. The fourth-order valence-electron chi connectivity index (χ4n) is 4.80. The van der Waals surface area contributed by atoms with Crippen molar-refractivity contribution in [2.75, 3.05) is 72.1 Å². The Balaban J connectivity index is 1.52. The molecule has 3 aliphatic heterocycles. The minimum absolute atomic E-state index is 0.661. The van der Waals surface area contributed by atoms with Crippen LogP contribution < -0.4 is 5.32 Å².